The van der Waals surface area contributed by atoms with Crippen LogP contribution in [0.4, 0.5) is 0 Å². The van der Waals surface area contributed by atoms with Gasteiger partial charge in [-0.05, 0) is 0 Å². The fourth-order valence-electron chi connectivity index (χ4n) is 19.4. The van der Waals surface area contributed by atoms with Gasteiger partial charge in [-0.15, -0.1) is 0 Å². The van der Waals surface area contributed by atoms with Gasteiger partial charge in [0.25, 0.3) is 0 Å². The topological polar surface area (TPSA) is 86.7 Å². The molecule has 0 aromatic rings. The van der Waals surface area contributed by atoms with Gasteiger partial charge in [0, 0.05) is 0 Å². The molecule has 10 saturated heterocycles. The third-order valence-corrected chi connectivity index (χ3v) is 60.5. The van der Waals surface area contributed by atoms with Gasteiger partial charge in [0.15, 0.2) is 0 Å². The fourth-order valence-corrected chi connectivity index (χ4v) is 95.5. The van der Waals surface area contributed by atoms with Gasteiger partial charge < -0.3 is 0 Å². The van der Waals surface area contributed by atoms with Crippen molar-refractivity contribution < 1.29 is 35.2 Å². The van der Waals surface area contributed by atoms with Crippen molar-refractivity contribution >= 4 is 23.5 Å². The Morgan fingerprint density at radius 3 is 1.28 bits per heavy atom. The summed E-state index contributed by atoms with van der Waals surface area (Å²) in [5, 5.41) is 0. The molecule has 10 heterocycles. The molecular weight excluding hydrogens is 416 g/mol. The SMILES string of the molecule is COC(=O)CCCC(=O)[C]12[CH]3[CH]4[CH]5[CH]1[Fe]45321678[CH]2[CH]1[CH]6[C]7(C(=O)CCCC(=O)OC)[CH]28. The first-order valence-electron chi connectivity index (χ1n) is 11.1. The van der Waals surface area contributed by atoms with Gasteiger partial charge in [0.1, 0.15) is 0 Å². The summed E-state index contributed by atoms with van der Waals surface area (Å²) < 4.78 is 9.50. The molecule has 10 fully saturated rings. The van der Waals surface area contributed by atoms with Crippen LogP contribution in [-0.4, -0.2) is 37.7 Å². The number of methoxy groups -OCH3 is 2. The average molecular weight is 442 g/mol. The molecular formula is C22H26FeO6. The molecule has 0 N–H and O–H groups in total. The van der Waals surface area contributed by atoms with Gasteiger partial charge in [0.2, 0.25) is 0 Å². The number of hydrogen-bond donors (Lipinski definition) is 0. The van der Waals surface area contributed by atoms with Crippen molar-refractivity contribution in [2.45, 2.75) is 85.7 Å². The first-order chi connectivity index (χ1) is 13.7. The number of ether oxygens (including phenoxy) is 2. The molecule has 10 aliphatic rings. The molecule has 0 aromatic heterocycles. The molecule has 0 aliphatic carbocycles. The minimum atomic E-state index is -4.10. The van der Waals surface area contributed by atoms with E-state index in [1.165, 1.54) is 14.2 Å². The Morgan fingerprint density at radius 2 is 1.00 bits per heavy atom. The number of carbonyl (C=O) groups is 4. The first kappa shape index (κ1) is 14.7. The van der Waals surface area contributed by atoms with Crippen molar-refractivity contribution in [2.75, 3.05) is 14.2 Å². The molecule has 0 amide bonds. The fraction of sp³-hybridized carbons (Fsp3) is 0.818. The minimum absolute atomic E-state index is 0.0164. The number of Topliss-reactive ketones (excluding diaryl/α,β-unsaturated/α-hetero) is 2. The van der Waals surface area contributed by atoms with E-state index < -0.39 is 6.51 Å². The Bertz CT molecular complexity index is 1310. The number of hydrogen-bond acceptors (Lipinski definition) is 6. The van der Waals surface area contributed by atoms with E-state index in [0.29, 0.717) is 69.4 Å². The Kier molecular flexibility index (Phi) is 0.911. The van der Waals surface area contributed by atoms with Crippen LogP contribution < -0.4 is 0 Å². The van der Waals surface area contributed by atoms with Crippen LogP contribution in [0.5, 0.6) is 0 Å². The Balaban J connectivity index is 1.03. The predicted molar refractivity (Wildman–Crippen MR) is 97.1 cm³/mol. The Morgan fingerprint density at radius 1 is 0.655 bits per heavy atom. The van der Waals surface area contributed by atoms with Crippen LogP contribution in [0.2, 0.25) is 47.2 Å². The maximum atomic E-state index is 13.7. The third kappa shape index (κ3) is 0.258. The normalized spacial score (nSPS) is 76.6. The Hall–Kier alpha value is -1.20. The van der Waals surface area contributed by atoms with E-state index in [9.17, 15) is 19.2 Å². The summed E-state index contributed by atoms with van der Waals surface area (Å²) in [5.41, 5.74) is 0. The Labute approximate surface area is 158 Å². The standard InChI is InChI=1S/2C11H13O3.Fe/c2*1-14-11(13)8-4-7-10(12)9-5-2-3-6-9;/h2*2-3,5-6H,4,7-8H2,1H3;. The third-order valence-electron chi connectivity index (χ3n) is 17.7. The molecule has 10 aliphatic heterocycles. The van der Waals surface area contributed by atoms with E-state index in [1.54, 1.807) is 0 Å². The summed E-state index contributed by atoms with van der Waals surface area (Å²) >= 11 is 0. The molecule has 0 aromatic carbocycles. The number of rotatable bonds is 10. The van der Waals surface area contributed by atoms with Crippen molar-refractivity contribution in [3.05, 3.63) is 0 Å². The summed E-state index contributed by atoms with van der Waals surface area (Å²) in [6.45, 7) is -4.10. The van der Waals surface area contributed by atoms with Crippen LogP contribution in [0.25, 0.3) is 0 Å². The van der Waals surface area contributed by atoms with Crippen molar-refractivity contribution in [3.8, 4) is 0 Å². The van der Waals surface area contributed by atoms with Crippen LogP contribution in [0.15, 0.2) is 0 Å². The molecule has 0 saturated carbocycles. The van der Waals surface area contributed by atoms with Crippen molar-refractivity contribution in [2.24, 2.45) is 0 Å². The second-order valence-electron chi connectivity index (χ2n) is 13.5. The second kappa shape index (κ2) is 1.79. The summed E-state index contributed by atoms with van der Waals surface area (Å²) in [7, 11) is 2.79. The van der Waals surface area contributed by atoms with Gasteiger partial charge in [-0.25, -0.2) is 0 Å². The number of carbonyl (C=O) groups excluding carboxylic acids is 4. The molecule has 158 valence electrons. The summed E-state index contributed by atoms with van der Waals surface area (Å²) in [4.78, 5) is 56.6. The van der Waals surface area contributed by atoms with Gasteiger partial charge in [-0.2, -0.15) is 0 Å². The zero-order chi connectivity index (χ0) is 19.9. The quantitative estimate of drug-likeness (QED) is 0.376. The van der Waals surface area contributed by atoms with Crippen LogP contribution >= 0.6 is 0 Å². The molecule has 8 unspecified atom stereocenters. The van der Waals surface area contributed by atoms with Crippen molar-refractivity contribution in [3.63, 3.8) is 0 Å². The van der Waals surface area contributed by atoms with Gasteiger partial charge in [-0.3, -0.25) is 0 Å². The summed E-state index contributed by atoms with van der Waals surface area (Å²) in [6, 6.07) is 0. The van der Waals surface area contributed by atoms with Crippen molar-refractivity contribution in [1.29, 1.82) is 0 Å². The van der Waals surface area contributed by atoms with Gasteiger partial charge in [0.05, 0.1) is 0 Å². The zero-order valence-corrected chi connectivity index (χ0v) is 17.8. The molecule has 29 heavy (non-hydrogen) atoms. The van der Waals surface area contributed by atoms with E-state index >= 15 is 0 Å². The van der Waals surface area contributed by atoms with E-state index in [1.807, 2.05) is 0 Å². The van der Waals surface area contributed by atoms with Crippen LogP contribution in [0, 0.1) is 0 Å². The van der Waals surface area contributed by atoms with Crippen molar-refractivity contribution in [1.82, 2.24) is 0 Å². The molecule has 0 radical (unpaired) electrons. The van der Waals surface area contributed by atoms with Gasteiger partial charge in [-0.1, -0.05) is 0 Å². The molecule has 0 bridgehead atoms. The monoisotopic (exact) mass is 442 g/mol. The van der Waals surface area contributed by atoms with Crippen LogP contribution in [0.3, 0.4) is 0 Å². The molecule has 1 spiro atoms. The first-order valence-corrected chi connectivity index (χ1v) is 17.3. The van der Waals surface area contributed by atoms with Crippen LogP contribution in [0.1, 0.15) is 38.5 Å². The second-order valence-corrected chi connectivity index (χ2v) is 36.7. The molecule has 6 nitrogen and oxygen atoms in total. The molecule has 7 heteroatoms. The maximum absolute atomic E-state index is 13.7. The van der Waals surface area contributed by atoms with E-state index in [-0.39, 0.29) is 20.6 Å². The summed E-state index contributed by atoms with van der Waals surface area (Å²) in [5.74, 6) is 0.463. The zero-order valence-electron chi connectivity index (χ0n) is 16.7. The predicted octanol–water partition coefficient (Wildman–Crippen LogP) is 3.94. The van der Waals surface area contributed by atoms with E-state index in [2.05, 4.69) is 0 Å². The number of ketones is 2. The van der Waals surface area contributed by atoms with Crippen LogP contribution in [-0.2, 0) is 35.2 Å². The molecule has 10 rings (SSSR count). The average Bonchev–Trinajstić information content (AvgIpc) is 3.66. The van der Waals surface area contributed by atoms with E-state index in [4.69, 9.17) is 9.47 Å². The van der Waals surface area contributed by atoms with E-state index in [0.717, 1.165) is 19.3 Å². The summed E-state index contributed by atoms with van der Waals surface area (Å²) in [6.07, 6.45) is 2.86. The number of esters is 2. The number of fused-ring (bicyclic) bond motifs is 10. The van der Waals surface area contributed by atoms with Gasteiger partial charge >= 0.3 is 159 Å². The molecule has 8 atom stereocenters.